The fourth-order valence-electron chi connectivity index (χ4n) is 2.96. The fourth-order valence-corrected chi connectivity index (χ4v) is 3.21. The molecule has 0 aromatic heterocycles. The molecule has 0 aliphatic heterocycles. The summed E-state index contributed by atoms with van der Waals surface area (Å²) in [5, 5.41) is -6.19. The zero-order chi connectivity index (χ0) is 24.6. The zero-order valence-corrected chi connectivity index (χ0v) is 16.3. The fraction of sp³-hybridized carbons (Fsp3) is 0.733. The van der Waals surface area contributed by atoms with Crippen molar-refractivity contribution in [3.63, 3.8) is 0 Å². The van der Waals surface area contributed by atoms with Gasteiger partial charge in [0.25, 0.3) is 0 Å². The first-order valence-corrected chi connectivity index (χ1v) is 9.72. The Morgan fingerprint density at radius 3 is 1.74 bits per heavy atom. The standard InChI is InChI=1S/C15H16F8O7S/c1-7(2)10(24)29-9(8-5-3-4-6-8)12(14(18,19)20,15(21,22)23)30-11(25)13(16,17)31(26,27)28/h8-9H,1,3-6H2,2H3,(H,26,27,28). The van der Waals surface area contributed by atoms with Crippen LogP contribution in [0.25, 0.3) is 0 Å². The van der Waals surface area contributed by atoms with Gasteiger partial charge in [-0.2, -0.15) is 43.5 Å². The highest BCUT2D eigenvalue weighted by Crippen LogP contribution is 2.53. The van der Waals surface area contributed by atoms with Gasteiger partial charge in [-0.15, -0.1) is 0 Å². The van der Waals surface area contributed by atoms with Crippen molar-refractivity contribution in [2.75, 3.05) is 0 Å². The molecule has 7 nitrogen and oxygen atoms in total. The summed E-state index contributed by atoms with van der Waals surface area (Å²) in [7, 11) is -6.81. The summed E-state index contributed by atoms with van der Waals surface area (Å²) in [4.78, 5) is 23.3. The van der Waals surface area contributed by atoms with Crippen LogP contribution in [0.1, 0.15) is 32.6 Å². The number of esters is 2. The van der Waals surface area contributed by atoms with E-state index in [0.29, 0.717) is 0 Å². The van der Waals surface area contributed by atoms with Crippen molar-refractivity contribution in [2.24, 2.45) is 5.92 Å². The molecule has 1 saturated carbocycles. The molecule has 0 amide bonds. The summed E-state index contributed by atoms with van der Waals surface area (Å²) >= 11 is 0. The number of carbonyl (C=O) groups is 2. The Balaban J connectivity index is 3.79. The van der Waals surface area contributed by atoms with Crippen molar-refractivity contribution in [2.45, 2.75) is 61.9 Å². The van der Waals surface area contributed by atoms with E-state index in [1.54, 1.807) is 0 Å². The van der Waals surface area contributed by atoms with Gasteiger partial charge in [-0.25, -0.2) is 9.59 Å². The molecule has 0 spiro atoms. The average Bonchev–Trinajstić information content (AvgIpc) is 3.08. The average molecular weight is 492 g/mol. The first-order chi connectivity index (χ1) is 13.7. The first kappa shape index (κ1) is 27.1. The van der Waals surface area contributed by atoms with E-state index >= 15 is 0 Å². The second kappa shape index (κ2) is 8.52. The molecule has 180 valence electrons. The van der Waals surface area contributed by atoms with Gasteiger partial charge in [0.15, 0.2) is 6.10 Å². The minimum absolute atomic E-state index is 0.0761. The number of hydrogen-bond acceptors (Lipinski definition) is 6. The lowest BCUT2D eigenvalue weighted by Gasteiger charge is -2.43. The van der Waals surface area contributed by atoms with Crippen molar-refractivity contribution >= 4 is 22.1 Å². The van der Waals surface area contributed by atoms with Crippen LogP contribution in [0.2, 0.25) is 0 Å². The summed E-state index contributed by atoms with van der Waals surface area (Å²) in [5.74, 6) is -7.38. The smallest absolute Gasteiger partial charge is 0.454 e. The molecule has 0 aromatic carbocycles. The van der Waals surface area contributed by atoms with Gasteiger partial charge < -0.3 is 9.47 Å². The van der Waals surface area contributed by atoms with Gasteiger partial charge >= 0.3 is 45.3 Å². The number of ether oxygens (including phenoxy) is 2. The van der Waals surface area contributed by atoms with E-state index in [2.05, 4.69) is 16.1 Å². The highest BCUT2D eigenvalue weighted by Gasteiger charge is 2.81. The van der Waals surface area contributed by atoms with Crippen LogP contribution in [0.3, 0.4) is 0 Å². The van der Waals surface area contributed by atoms with Crippen molar-refractivity contribution in [3.8, 4) is 0 Å². The lowest BCUT2D eigenvalue weighted by Crippen LogP contribution is -2.70. The van der Waals surface area contributed by atoms with Gasteiger partial charge in [-0.1, -0.05) is 19.4 Å². The third kappa shape index (κ3) is 5.10. The molecule has 1 atom stereocenters. The maximum atomic E-state index is 13.8. The summed E-state index contributed by atoms with van der Waals surface area (Å²) in [6.45, 7) is 3.87. The van der Waals surface area contributed by atoms with E-state index in [4.69, 9.17) is 4.55 Å². The van der Waals surface area contributed by atoms with Gasteiger partial charge in [0.2, 0.25) is 0 Å². The predicted molar refractivity (Wildman–Crippen MR) is 84.1 cm³/mol. The number of carbonyl (C=O) groups excluding carboxylic acids is 2. The van der Waals surface area contributed by atoms with Crippen LogP contribution < -0.4 is 0 Å². The molecule has 1 aliphatic carbocycles. The Hall–Kier alpha value is -1.97. The van der Waals surface area contributed by atoms with Crippen LogP contribution in [-0.4, -0.2) is 54.2 Å². The normalized spacial score (nSPS) is 17.9. The van der Waals surface area contributed by atoms with E-state index < -0.39 is 75.7 Å². The van der Waals surface area contributed by atoms with Crippen LogP contribution in [-0.2, 0) is 29.2 Å². The number of rotatable bonds is 7. The van der Waals surface area contributed by atoms with Gasteiger partial charge in [0.05, 0.1) is 0 Å². The third-order valence-electron chi connectivity index (χ3n) is 4.47. The van der Waals surface area contributed by atoms with Gasteiger partial charge in [-0.3, -0.25) is 4.55 Å². The lowest BCUT2D eigenvalue weighted by atomic mass is 9.83. The minimum Gasteiger partial charge on any atom is -0.454 e. The second-order valence-electron chi connectivity index (χ2n) is 6.76. The molecule has 1 rings (SSSR count). The molecule has 1 N–H and O–H groups in total. The molecule has 0 bridgehead atoms. The van der Waals surface area contributed by atoms with E-state index in [0.717, 1.165) is 6.92 Å². The Morgan fingerprint density at radius 2 is 1.42 bits per heavy atom. The molecule has 1 fully saturated rings. The minimum atomic E-state index is -6.81. The zero-order valence-electron chi connectivity index (χ0n) is 15.5. The molecule has 0 heterocycles. The largest absolute Gasteiger partial charge is 0.465 e. The van der Waals surface area contributed by atoms with Crippen molar-refractivity contribution in [1.82, 2.24) is 0 Å². The molecule has 16 heteroatoms. The van der Waals surface area contributed by atoms with Crippen LogP contribution in [0.4, 0.5) is 35.1 Å². The van der Waals surface area contributed by atoms with E-state index in [1.165, 1.54) is 0 Å². The third-order valence-corrected chi connectivity index (χ3v) is 5.28. The molecule has 0 saturated heterocycles. The maximum absolute atomic E-state index is 13.8. The Kier molecular flexibility index (Phi) is 7.44. The van der Waals surface area contributed by atoms with Crippen LogP contribution in [0.5, 0.6) is 0 Å². The van der Waals surface area contributed by atoms with Crippen molar-refractivity contribution in [1.29, 1.82) is 0 Å². The highest BCUT2D eigenvalue weighted by molar-refractivity contribution is 7.87. The van der Waals surface area contributed by atoms with Crippen LogP contribution in [0.15, 0.2) is 12.2 Å². The van der Waals surface area contributed by atoms with Crippen LogP contribution >= 0.6 is 0 Å². The lowest BCUT2D eigenvalue weighted by molar-refractivity contribution is -0.398. The maximum Gasteiger partial charge on any atom is 0.465 e. The molecule has 0 aromatic rings. The number of hydrogen-bond donors (Lipinski definition) is 1. The molecule has 1 unspecified atom stereocenters. The summed E-state index contributed by atoms with van der Waals surface area (Å²) in [6.07, 6.45) is -17.5. The molecular weight excluding hydrogens is 476 g/mol. The highest BCUT2D eigenvalue weighted by atomic mass is 32.2. The van der Waals surface area contributed by atoms with Gasteiger partial charge in [-0.05, 0) is 19.8 Å². The topological polar surface area (TPSA) is 107 Å². The monoisotopic (exact) mass is 492 g/mol. The Bertz CT molecular complexity index is 811. The molecular formula is C15H16F8O7S. The van der Waals surface area contributed by atoms with Crippen LogP contribution in [0, 0.1) is 5.92 Å². The summed E-state index contributed by atoms with van der Waals surface area (Å²) < 4.78 is 147. The van der Waals surface area contributed by atoms with E-state index in [9.17, 15) is 53.1 Å². The predicted octanol–water partition coefficient (Wildman–Crippen LogP) is 3.55. The Morgan fingerprint density at radius 1 is 1.00 bits per heavy atom. The van der Waals surface area contributed by atoms with E-state index in [1.807, 2.05) is 0 Å². The molecule has 1 aliphatic rings. The summed E-state index contributed by atoms with van der Waals surface area (Å²) in [6, 6.07) is 0. The second-order valence-corrected chi connectivity index (χ2v) is 8.23. The van der Waals surface area contributed by atoms with Gasteiger partial charge in [0.1, 0.15) is 0 Å². The molecule has 31 heavy (non-hydrogen) atoms. The quantitative estimate of drug-likeness (QED) is 0.251. The number of alkyl halides is 8. The summed E-state index contributed by atoms with van der Waals surface area (Å²) in [5.41, 5.74) is -6.53. The number of halogens is 8. The van der Waals surface area contributed by atoms with Crippen molar-refractivity contribution < 1.29 is 67.2 Å². The SMILES string of the molecule is C=C(C)C(=O)OC(C1CCCC1)C(OC(=O)C(F)(F)S(=O)(=O)O)(C(F)(F)F)C(F)(F)F. The first-order valence-electron chi connectivity index (χ1n) is 8.28. The van der Waals surface area contributed by atoms with Gasteiger partial charge in [0, 0.05) is 11.5 Å². The Labute approximate surface area is 170 Å². The van der Waals surface area contributed by atoms with Crippen molar-refractivity contribution in [3.05, 3.63) is 12.2 Å². The molecule has 0 radical (unpaired) electrons. The van der Waals surface area contributed by atoms with E-state index in [-0.39, 0.29) is 12.8 Å².